The number of esters is 1. The second kappa shape index (κ2) is 8.65. The van der Waals surface area contributed by atoms with Crippen LogP contribution in [-0.2, 0) is 19.1 Å². The van der Waals surface area contributed by atoms with Crippen LogP contribution in [0.5, 0.6) is 11.5 Å². The van der Waals surface area contributed by atoms with Crippen molar-refractivity contribution in [3.63, 3.8) is 0 Å². The van der Waals surface area contributed by atoms with E-state index in [-0.39, 0.29) is 46.7 Å². The molecule has 1 aliphatic heterocycles. The van der Waals surface area contributed by atoms with E-state index in [0.29, 0.717) is 23.3 Å². The summed E-state index contributed by atoms with van der Waals surface area (Å²) < 4.78 is 10.7. The molecular formula is C27H22N2O8. The molecule has 6 atom stereocenters. The number of nitrogens with zero attached hydrogens (tertiary/aromatic N) is 2. The van der Waals surface area contributed by atoms with Gasteiger partial charge in [0.2, 0.25) is 11.8 Å². The van der Waals surface area contributed by atoms with Gasteiger partial charge in [-0.25, -0.2) is 0 Å². The number of hydrogen-bond donors (Lipinski definition) is 0. The first-order valence-electron chi connectivity index (χ1n) is 12.1. The maximum Gasteiger partial charge on any atom is 0.326 e. The molecule has 2 bridgehead atoms. The Labute approximate surface area is 211 Å². The van der Waals surface area contributed by atoms with E-state index >= 15 is 0 Å². The van der Waals surface area contributed by atoms with E-state index in [1.165, 1.54) is 36.4 Å². The molecule has 0 radical (unpaired) electrons. The number of Topliss-reactive ketones (excluding diaryl/α,β-unsaturated/α-hetero) is 1. The first-order valence-corrected chi connectivity index (χ1v) is 12.1. The Morgan fingerprint density at radius 2 is 1.43 bits per heavy atom. The number of likely N-dealkylation sites (tertiary alicyclic amines) is 1. The number of rotatable bonds is 8. The first-order chi connectivity index (χ1) is 17.8. The predicted octanol–water partition coefficient (Wildman–Crippen LogP) is 3.17. The van der Waals surface area contributed by atoms with Gasteiger partial charge in [-0.05, 0) is 66.5 Å². The Morgan fingerprint density at radius 3 is 1.97 bits per heavy atom. The fraction of sp³-hybridized carbons (Fsp3) is 0.333. The number of nitro groups is 1. The summed E-state index contributed by atoms with van der Waals surface area (Å²) in [5.74, 6) is -0.744. The lowest BCUT2D eigenvalue weighted by atomic mass is 9.63. The quantitative estimate of drug-likeness (QED) is 0.134. The van der Waals surface area contributed by atoms with Gasteiger partial charge in [0.25, 0.3) is 5.69 Å². The van der Waals surface area contributed by atoms with Crippen molar-refractivity contribution in [2.45, 2.75) is 6.42 Å². The van der Waals surface area contributed by atoms with Gasteiger partial charge in [-0.3, -0.25) is 34.2 Å². The molecular weight excluding hydrogens is 480 g/mol. The number of nitro benzene ring substituents is 1. The molecule has 7 rings (SSSR count). The zero-order valence-electron chi connectivity index (χ0n) is 19.5. The Hall–Kier alpha value is -4.34. The molecule has 188 valence electrons. The van der Waals surface area contributed by atoms with Gasteiger partial charge in [-0.1, -0.05) is 12.2 Å². The predicted molar refractivity (Wildman–Crippen MR) is 126 cm³/mol. The highest BCUT2D eigenvalue weighted by Gasteiger charge is 2.67. The summed E-state index contributed by atoms with van der Waals surface area (Å²) in [4.78, 5) is 62.1. The molecule has 2 aromatic rings. The summed E-state index contributed by atoms with van der Waals surface area (Å²) in [5.41, 5.74) is 0.227. The van der Waals surface area contributed by atoms with Crippen LogP contribution in [0, 0.1) is 45.6 Å². The third-order valence-electron chi connectivity index (χ3n) is 7.87. The van der Waals surface area contributed by atoms with E-state index in [4.69, 9.17) is 9.47 Å². The summed E-state index contributed by atoms with van der Waals surface area (Å²) in [5, 5.41) is 10.7. The van der Waals surface area contributed by atoms with Crippen molar-refractivity contribution in [1.29, 1.82) is 0 Å². The molecule has 1 saturated heterocycles. The van der Waals surface area contributed by atoms with E-state index in [1.54, 1.807) is 12.1 Å². The number of ketones is 1. The zero-order chi connectivity index (χ0) is 25.8. The summed E-state index contributed by atoms with van der Waals surface area (Å²) in [6, 6.07) is 11.7. The normalized spacial score (nSPS) is 28.5. The molecule has 1 heterocycles. The fourth-order valence-electron chi connectivity index (χ4n) is 6.06. The Bertz CT molecular complexity index is 1310. The molecule has 5 aliphatic rings. The molecule has 2 saturated carbocycles. The van der Waals surface area contributed by atoms with Crippen molar-refractivity contribution >= 4 is 29.3 Å². The van der Waals surface area contributed by atoms with Crippen molar-refractivity contribution < 1.29 is 33.6 Å². The van der Waals surface area contributed by atoms with Gasteiger partial charge in [0.15, 0.2) is 12.4 Å². The van der Waals surface area contributed by atoms with Crippen molar-refractivity contribution in [2.75, 3.05) is 13.2 Å². The zero-order valence-corrected chi connectivity index (χ0v) is 19.5. The number of imide groups is 1. The minimum absolute atomic E-state index is 0.0553. The average molecular weight is 502 g/mol. The third-order valence-corrected chi connectivity index (χ3v) is 7.87. The lowest BCUT2D eigenvalue weighted by molar-refractivity contribution is -0.384. The number of amides is 2. The topological polar surface area (TPSA) is 133 Å². The lowest BCUT2D eigenvalue weighted by Crippen LogP contribution is -2.40. The summed E-state index contributed by atoms with van der Waals surface area (Å²) in [6.07, 6.45) is 5.19. The van der Waals surface area contributed by atoms with Gasteiger partial charge in [0.05, 0.1) is 16.8 Å². The van der Waals surface area contributed by atoms with Crippen LogP contribution in [0.2, 0.25) is 0 Å². The molecule has 3 fully saturated rings. The van der Waals surface area contributed by atoms with Gasteiger partial charge in [-0.2, -0.15) is 0 Å². The van der Waals surface area contributed by atoms with Crippen LogP contribution in [0.25, 0.3) is 0 Å². The maximum absolute atomic E-state index is 13.0. The standard InChI is InChI=1S/C27H22N2O8/c30-22(14-1-5-16(6-2-14)37-17-7-3-15(4-8-17)29(34)35)13-36-23(31)12-28-26(32)24-18-9-10-19(21-11-20(18)21)25(24)27(28)33/h1-10,18-21,24-25H,11-13H2/t18-,19-,20-,21+,24+,25-/m1/s1. The number of carbonyl (C=O) groups is 4. The molecule has 0 aromatic heterocycles. The second-order valence-corrected chi connectivity index (χ2v) is 9.88. The molecule has 0 spiro atoms. The van der Waals surface area contributed by atoms with Gasteiger partial charge in [-0.15, -0.1) is 0 Å². The van der Waals surface area contributed by atoms with Gasteiger partial charge in [0.1, 0.15) is 18.0 Å². The molecule has 37 heavy (non-hydrogen) atoms. The minimum Gasteiger partial charge on any atom is -0.457 e. The molecule has 2 aromatic carbocycles. The molecule has 10 heteroatoms. The Kier molecular flexibility index (Phi) is 5.40. The van der Waals surface area contributed by atoms with Crippen LogP contribution in [0.3, 0.4) is 0 Å². The molecule has 4 aliphatic carbocycles. The SMILES string of the molecule is O=C(CN1C(=O)[C@@H]2[C@@H]3C=C[C@H]([C@H]4C[C@@H]34)[C@@H]2C1=O)OCC(=O)c1ccc(Oc2ccc([N+](=O)[O-])cc2)cc1. The number of benzene rings is 2. The van der Waals surface area contributed by atoms with Crippen LogP contribution in [0.15, 0.2) is 60.7 Å². The minimum atomic E-state index is -0.808. The highest BCUT2D eigenvalue weighted by molar-refractivity contribution is 6.08. The monoisotopic (exact) mass is 502 g/mol. The summed E-state index contributed by atoms with van der Waals surface area (Å²) in [7, 11) is 0. The van der Waals surface area contributed by atoms with Crippen molar-refractivity contribution in [3.05, 3.63) is 76.4 Å². The van der Waals surface area contributed by atoms with Crippen LogP contribution in [-0.4, -0.2) is 46.5 Å². The maximum atomic E-state index is 13.0. The number of allylic oxidation sites excluding steroid dienone is 2. The highest BCUT2D eigenvalue weighted by atomic mass is 16.6. The van der Waals surface area contributed by atoms with Gasteiger partial charge < -0.3 is 9.47 Å². The number of ether oxygens (including phenoxy) is 2. The largest absolute Gasteiger partial charge is 0.457 e. The van der Waals surface area contributed by atoms with Crippen LogP contribution >= 0.6 is 0 Å². The molecule has 0 N–H and O–H groups in total. The van der Waals surface area contributed by atoms with Crippen molar-refractivity contribution in [1.82, 2.24) is 4.90 Å². The lowest BCUT2D eigenvalue weighted by Gasteiger charge is -2.37. The van der Waals surface area contributed by atoms with Crippen molar-refractivity contribution in [3.8, 4) is 11.5 Å². The molecule has 2 amide bonds. The van der Waals surface area contributed by atoms with Crippen LogP contribution in [0.4, 0.5) is 5.69 Å². The number of carbonyl (C=O) groups excluding carboxylic acids is 4. The van der Waals surface area contributed by atoms with E-state index in [9.17, 15) is 29.3 Å². The van der Waals surface area contributed by atoms with E-state index in [1.807, 2.05) is 0 Å². The van der Waals surface area contributed by atoms with Gasteiger partial charge in [0, 0.05) is 17.7 Å². The average Bonchev–Trinajstić information content (AvgIpc) is 3.69. The summed E-state index contributed by atoms with van der Waals surface area (Å²) >= 11 is 0. The van der Waals surface area contributed by atoms with Gasteiger partial charge >= 0.3 is 5.97 Å². The van der Waals surface area contributed by atoms with Crippen LogP contribution < -0.4 is 4.74 Å². The molecule has 10 nitrogen and oxygen atoms in total. The summed E-state index contributed by atoms with van der Waals surface area (Å²) in [6.45, 7) is -1.02. The smallest absolute Gasteiger partial charge is 0.326 e. The molecule has 0 unspecified atom stereocenters. The first kappa shape index (κ1) is 23.1. The highest BCUT2D eigenvalue weighted by Crippen LogP contribution is 2.65. The fourth-order valence-corrected chi connectivity index (χ4v) is 6.06. The van der Waals surface area contributed by atoms with Crippen molar-refractivity contribution in [2.24, 2.45) is 35.5 Å². The number of hydrogen-bond acceptors (Lipinski definition) is 8. The van der Waals surface area contributed by atoms with Crippen LogP contribution in [0.1, 0.15) is 16.8 Å². The Balaban J connectivity index is 1.01. The number of non-ortho nitro benzene ring substituents is 1. The van der Waals surface area contributed by atoms with E-state index in [0.717, 1.165) is 11.3 Å². The van der Waals surface area contributed by atoms with E-state index in [2.05, 4.69) is 12.2 Å². The Morgan fingerprint density at radius 1 is 0.892 bits per heavy atom. The van der Waals surface area contributed by atoms with E-state index < -0.39 is 29.8 Å². The second-order valence-electron chi connectivity index (χ2n) is 9.88. The third kappa shape index (κ3) is 3.98.